The van der Waals surface area contributed by atoms with E-state index in [1.165, 1.54) is 89.9 Å². The van der Waals surface area contributed by atoms with Gasteiger partial charge < -0.3 is 5.32 Å². The maximum Gasteiger partial charge on any atom is 0.220 e. The van der Waals surface area contributed by atoms with Crippen molar-refractivity contribution in [2.75, 3.05) is 6.54 Å². The van der Waals surface area contributed by atoms with E-state index in [0.717, 1.165) is 25.0 Å². The first-order valence-electron chi connectivity index (χ1n) is 11.1. The van der Waals surface area contributed by atoms with Gasteiger partial charge in [0.1, 0.15) is 0 Å². The Morgan fingerprint density at radius 3 is 1.48 bits per heavy atom. The lowest BCUT2D eigenvalue weighted by molar-refractivity contribution is -0.121. The minimum absolute atomic E-state index is 0.205. The van der Waals surface area contributed by atoms with Crippen molar-refractivity contribution in [3.63, 3.8) is 0 Å². The Hall–Kier alpha value is -0.790. The van der Waals surface area contributed by atoms with Crippen LogP contribution >= 0.6 is 0 Å². The molecule has 0 unspecified atom stereocenters. The van der Waals surface area contributed by atoms with E-state index in [-0.39, 0.29) is 5.91 Å². The zero-order chi connectivity index (χ0) is 18.6. The summed E-state index contributed by atoms with van der Waals surface area (Å²) in [5.74, 6) is 0.205. The smallest absolute Gasteiger partial charge is 0.220 e. The first-order chi connectivity index (χ1) is 12.2. The SMILES string of the molecule is C=C(C)CCNC(=O)CCCCCCCCCCCCCCCCC. The monoisotopic (exact) mass is 351 g/mol. The Morgan fingerprint density at radius 2 is 1.08 bits per heavy atom. The van der Waals surface area contributed by atoms with Crippen LogP contribution in [0.5, 0.6) is 0 Å². The predicted octanol–water partition coefficient (Wildman–Crippen LogP) is 7.33. The Bertz CT molecular complexity index is 311. The van der Waals surface area contributed by atoms with Gasteiger partial charge in [0.25, 0.3) is 0 Å². The van der Waals surface area contributed by atoms with Gasteiger partial charge in [-0.2, -0.15) is 0 Å². The molecule has 0 bridgehead atoms. The molecule has 0 aliphatic rings. The van der Waals surface area contributed by atoms with Gasteiger partial charge in [0, 0.05) is 13.0 Å². The minimum Gasteiger partial charge on any atom is -0.356 e. The van der Waals surface area contributed by atoms with Crippen LogP contribution in [-0.2, 0) is 4.79 Å². The molecular formula is C23H45NO. The third-order valence-electron chi connectivity index (χ3n) is 4.88. The molecule has 0 aliphatic carbocycles. The van der Waals surface area contributed by atoms with E-state index in [1.807, 2.05) is 6.92 Å². The molecule has 0 radical (unpaired) electrons. The van der Waals surface area contributed by atoms with Gasteiger partial charge >= 0.3 is 0 Å². The Balaban J connectivity index is 3.11. The van der Waals surface area contributed by atoms with Crippen molar-refractivity contribution >= 4 is 5.91 Å². The van der Waals surface area contributed by atoms with Crippen molar-refractivity contribution in [3.8, 4) is 0 Å². The first kappa shape index (κ1) is 24.2. The summed E-state index contributed by atoms with van der Waals surface area (Å²) in [5, 5.41) is 2.96. The maximum atomic E-state index is 11.6. The van der Waals surface area contributed by atoms with Gasteiger partial charge in [-0.15, -0.1) is 6.58 Å². The van der Waals surface area contributed by atoms with Crippen molar-refractivity contribution in [1.29, 1.82) is 0 Å². The molecule has 0 aromatic rings. The molecule has 2 heteroatoms. The Morgan fingerprint density at radius 1 is 0.680 bits per heavy atom. The fourth-order valence-corrected chi connectivity index (χ4v) is 3.16. The molecule has 0 aromatic carbocycles. The molecule has 0 aromatic heterocycles. The normalized spacial score (nSPS) is 10.8. The largest absolute Gasteiger partial charge is 0.356 e. The Labute approximate surface area is 158 Å². The van der Waals surface area contributed by atoms with Crippen molar-refractivity contribution in [1.82, 2.24) is 5.32 Å². The minimum atomic E-state index is 0.205. The summed E-state index contributed by atoms with van der Waals surface area (Å²) in [5.41, 5.74) is 1.13. The van der Waals surface area contributed by atoms with Gasteiger partial charge in [-0.05, 0) is 19.8 Å². The molecule has 1 amide bonds. The van der Waals surface area contributed by atoms with Crippen molar-refractivity contribution in [3.05, 3.63) is 12.2 Å². The van der Waals surface area contributed by atoms with Crippen LogP contribution in [-0.4, -0.2) is 12.5 Å². The summed E-state index contributed by atoms with van der Waals surface area (Å²) in [6, 6.07) is 0. The highest BCUT2D eigenvalue weighted by Crippen LogP contribution is 2.13. The highest BCUT2D eigenvalue weighted by atomic mass is 16.1. The average molecular weight is 352 g/mol. The number of amides is 1. The molecule has 25 heavy (non-hydrogen) atoms. The van der Waals surface area contributed by atoms with Gasteiger partial charge in [-0.25, -0.2) is 0 Å². The zero-order valence-corrected chi connectivity index (χ0v) is 17.3. The molecule has 1 N–H and O–H groups in total. The molecular weight excluding hydrogens is 306 g/mol. The van der Waals surface area contributed by atoms with Crippen LogP contribution in [0.3, 0.4) is 0 Å². The lowest BCUT2D eigenvalue weighted by Crippen LogP contribution is -2.24. The summed E-state index contributed by atoms with van der Waals surface area (Å²) in [6.45, 7) is 8.87. The number of rotatable bonds is 19. The van der Waals surface area contributed by atoms with E-state index in [4.69, 9.17) is 0 Å². The fourth-order valence-electron chi connectivity index (χ4n) is 3.16. The van der Waals surface area contributed by atoms with Gasteiger partial charge in [0.2, 0.25) is 5.91 Å². The fraction of sp³-hybridized carbons (Fsp3) is 0.870. The molecule has 148 valence electrons. The summed E-state index contributed by atoms with van der Waals surface area (Å²) in [4.78, 5) is 11.6. The summed E-state index contributed by atoms with van der Waals surface area (Å²) < 4.78 is 0. The van der Waals surface area contributed by atoms with Crippen LogP contribution in [0.15, 0.2) is 12.2 Å². The second-order valence-electron chi connectivity index (χ2n) is 7.76. The summed E-state index contributed by atoms with van der Waals surface area (Å²) in [6.07, 6.45) is 22.0. The molecule has 0 fully saturated rings. The third kappa shape index (κ3) is 21.2. The van der Waals surface area contributed by atoms with Crippen LogP contribution in [0.25, 0.3) is 0 Å². The average Bonchev–Trinajstić information content (AvgIpc) is 2.58. The van der Waals surface area contributed by atoms with E-state index in [1.54, 1.807) is 0 Å². The summed E-state index contributed by atoms with van der Waals surface area (Å²) in [7, 11) is 0. The quantitative estimate of drug-likeness (QED) is 0.191. The first-order valence-corrected chi connectivity index (χ1v) is 11.1. The van der Waals surface area contributed by atoms with Crippen LogP contribution in [0.2, 0.25) is 0 Å². The van der Waals surface area contributed by atoms with Gasteiger partial charge in [-0.1, -0.05) is 102 Å². The highest BCUT2D eigenvalue weighted by Gasteiger charge is 2.00. The lowest BCUT2D eigenvalue weighted by atomic mass is 10.0. The van der Waals surface area contributed by atoms with Gasteiger partial charge in [-0.3, -0.25) is 4.79 Å². The van der Waals surface area contributed by atoms with E-state index in [9.17, 15) is 4.79 Å². The third-order valence-corrected chi connectivity index (χ3v) is 4.88. The van der Waals surface area contributed by atoms with Gasteiger partial charge in [0.15, 0.2) is 0 Å². The maximum absolute atomic E-state index is 11.6. The van der Waals surface area contributed by atoms with Crippen molar-refractivity contribution in [2.24, 2.45) is 0 Å². The number of nitrogens with one attached hydrogen (secondary N) is 1. The molecule has 2 nitrogen and oxygen atoms in total. The lowest BCUT2D eigenvalue weighted by Gasteiger charge is -2.05. The molecule has 0 rings (SSSR count). The molecule has 0 aliphatic heterocycles. The van der Waals surface area contributed by atoms with Crippen LogP contribution in [0.4, 0.5) is 0 Å². The molecule has 0 saturated heterocycles. The van der Waals surface area contributed by atoms with E-state index in [0.29, 0.717) is 6.42 Å². The number of hydrogen-bond acceptors (Lipinski definition) is 1. The number of unbranched alkanes of at least 4 members (excludes halogenated alkanes) is 14. The second-order valence-corrected chi connectivity index (χ2v) is 7.76. The summed E-state index contributed by atoms with van der Waals surface area (Å²) >= 11 is 0. The topological polar surface area (TPSA) is 29.1 Å². The van der Waals surface area contributed by atoms with E-state index >= 15 is 0 Å². The van der Waals surface area contributed by atoms with Crippen molar-refractivity contribution in [2.45, 2.75) is 123 Å². The van der Waals surface area contributed by atoms with Crippen LogP contribution in [0.1, 0.15) is 123 Å². The zero-order valence-electron chi connectivity index (χ0n) is 17.3. The molecule has 0 saturated carbocycles. The standard InChI is InChI=1S/C23H45NO/c1-4-5-6-7-8-9-10-11-12-13-14-15-16-17-18-19-23(25)24-21-20-22(2)3/h2,4-21H2,1,3H3,(H,24,25). The van der Waals surface area contributed by atoms with Crippen LogP contribution in [0, 0.1) is 0 Å². The van der Waals surface area contributed by atoms with E-state index in [2.05, 4.69) is 18.8 Å². The van der Waals surface area contributed by atoms with Crippen molar-refractivity contribution < 1.29 is 4.79 Å². The molecule has 0 spiro atoms. The van der Waals surface area contributed by atoms with Gasteiger partial charge in [0.05, 0.1) is 0 Å². The number of carbonyl (C=O) groups excluding carboxylic acids is 1. The number of hydrogen-bond donors (Lipinski definition) is 1. The van der Waals surface area contributed by atoms with E-state index < -0.39 is 0 Å². The predicted molar refractivity (Wildman–Crippen MR) is 112 cm³/mol. The second kappa shape index (κ2) is 19.5. The molecule has 0 heterocycles. The highest BCUT2D eigenvalue weighted by molar-refractivity contribution is 5.75. The number of carbonyl (C=O) groups is 1. The Kier molecular flexibility index (Phi) is 18.9. The van der Waals surface area contributed by atoms with Crippen LogP contribution < -0.4 is 5.32 Å². The molecule has 0 atom stereocenters.